The SMILES string of the molecule is O=S(=O)(Cc1ccccc1)OC(C(F)(F)F)C(F)(F)S(=O)(=O)[O-]. The van der Waals surface area contributed by atoms with Crippen LogP contribution in [0.25, 0.3) is 0 Å². The van der Waals surface area contributed by atoms with Crippen LogP contribution in [0.3, 0.4) is 0 Å². The third-order valence-corrected chi connectivity index (χ3v) is 4.42. The summed E-state index contributed by atoms with van der Waals surface area (Å²) in [5.41, 5.74) is -0.0956. The first-order chi connectivity index (χ1) is 10.2. The molecule has 0 aliphatic heterocycles. The fraction of sp³-hybridized carbons (Fsp3) is 0.400. The van der Waals surface area contributed by atoms with Gasteiger partial charge in [-0.05, 0) is 5.56 Å². The smallest absolute Gasteiger partial charge is 0.423 e. The lowest BCUT2D eigenvalue weighted by atomic mass is 10.2. The summed E-state index contributed by atoms with van der Waals surface area (Å²) in [6, 6.07) is 6.41. The Kier molecular flexibility index (Phi) is 5.40. The number of hydrogen-bond acceptors (Lipinski definition) is 6. The molecule has 0 N–H and O–H groups in total. The fourth-order valence-electron chi connectivity index (χ4n) is 1.39. The van der Waals surface area contributed by atoms with Gasteiger partial charge in [-0.15, -0.1) is 0 Å². The number of alkyl halides is 5. The van der Waals surface area contributed by atoms with Crippen molar-refractivity contribution in [2.24, 2.45) is 0 Å². The van der Waals surface area contributed by atoms with Crippen LogP contribution >= 0.6 is 0 Å². The zero-order valence-corrected chi connectivity index (χ0v) is 12.5. The van der Waals surface area contributed by atoms with E-state index in [1.54, 1.807) is 0 Å². The highest BCUT2D eigenvalue weighted by molar-refractivity contribution is 7.87. The Morgan fingerprint density at radius 2 is 1.48 bits per heavy atom. The Balaban J connectivity index is 3.17. The van der Waals surface area contributed by atoms with Crippen LogP contribution in [0.4, 0.5) is 22.0 Å². The Bertz CT molecular complexity index is 742. The van der Waals surface area contributed by atoms with Gasteiger partial charge in [0.15, 0.2) is 10.1 Å². The number of benzene rings is 1. The average molecular weight is 383 g/mol. The normalized spacial score (nSPS) is 15.4. The molecule has 23 heavy (non-hydrogen) atoms. The van der Waals surface area contributed by atoms with Crippen LogP contribution in [-0.2, 0) is 30.2 Å². The van der Waals surface area contributed by atoms with Crippen LogP contribution in [0.15, 0.2) is 30.3 Å². The average Bonchev–Trinajstić information content (AvgIpc) is 2.34. The predicted molar refractivity (Wildman–Crippen MR) is 64.6 cm³/mol. The van der Waals surface area contributed by atoms with Gasteiger partial charge in [0.1, 0.15) is 5.75 Å². The summed E-state index contributed by atoms with van der Waals surface area (Å²) in [7, 11) is -12.1. The third-order valence-electron chi connectivity index (χ3n) is 2.36. The van der Waals surface area contributed by atoms with Crippen molar-refractivity contribution in [3.63, 3.8) is 0 Å². The van der Waals surface area contributed by atoms with E-state index in [4.69, 9.17) is 0 Å². The lowest BCUT2D eigenvalue weighted by molar-refractivity contribution is -0.238. The molecule has 0 heterocycles. The summed E-state index contributed by atoms with van der Waals surface area (Å²) in [5.74, 6) is -1.23. The monoisotopic (exact) mass is 383 g/mol. The molecule has 0 aliphatic rings. The van der Waals surface area contributed by atoms with E-state index in [0.717, 1.165) is 12.1 Å². The second-order valence-electron chi connectivity index (χ2n) is 4.22. The molecule has 13 heteroatoms. The highest BCUT2D eigenvalue weighted by Gasteiger charge is 2.63. The minimum absolute atomic E-state index is 0.0956. The topological polar surface area (TPSA) is 101 Å². The molecule has 132 valence electrons. The zero-order chi connectivity index (χ0) is 18.1. The van der Waals surface area contributed by atoms with Gasteiger partial charge in [-0.3, -0.25) is 0 Å². The van der Waals surface area contributed by atoms with Crippen LogP contribution < -0.4 is 0 Å². The molecule has 1 rings (SSSR count). The van der Waals surface area contributed by atoms with Crippen molar-refractivity contribution >= 4 is 20.2 Å². The maximum atomic E-state index is 13.2. The number of rotatable bonds is 6. The summed E-state index contributed by atoms with van der Waals surface area (Å²) in [5, 5.41) is -6.02. The molecule has 0 bridgehead atoms. The van der Waals surface area contributed by atoms with Crippen molar-refractivity contribution in [1.82, 2.24) is 0 Å². The number of hydrogen-bond donors (Lipinski definition) is 0. The van der Waals surface area contributed by atoms with Crippen molar-refractivity contribution in [2.75, 3.05) is 0 Å². The molecule has 6 nitrogen and oxygen atoms in total. The second-order valence-corrected chi connectivity index (χ2v) is 7.27. The van der Waals surface area contributed by atoms with E-state index < -0.39 is 43.5 Å². The molecule has 0 saturated carbocycles. The molecule has 1 aromatic rings. The summed E-state index contributed by atoms with van der Waals surface area (Å²) >= 11 is 0. The van der Waals surface area contributed by atoms with Crippen molar-refractivity contribution in [3.05, 3.63) is 35.9 Å². The molecule has 1 unspecified atom stereocenters. The van der Waals surface area contributed by atoms with Gasteiger partial charge in [0.25, 0.3) is 10.1 Å². The first-order valence-electron chi connectivity index (χ1n) is 5.51. The molecule has 0 spiro atoms. The van der Waals surface area contributed by atoms with Crippen molar-refractivity contribution in [2.45, 2.75) is 23.3 Å². The molecule has 0 saturated heterocycles. The first kappa shape index (κ1) is 19.7. The van der Waals surface area contributed by atoms with E-state index in [1.807, 2.05) is 0 Å². The molecule has 1 aromatic carbocycles. The molecular weight excluding hydrogens is 375 g/mol. The van der Waals surface area contributed by atoms with E-state index >= 15 is 0 Å². The van der Waals surface area contributed by atoms with Gasteiger partial charge in [-0.25, -0.2) is 12.6 Å². The zero-order valence-electron chi connectivity index (χ0n) is 10.8. The summed E-state index contributed by atoms with van der Waals surface area (Å²) in [6.07, 6.45) is -10.8. The molecule has 0 aromatic heterocycles. The van der Waals surface area contributed by atoms with E-state index in [0.29, 0.717) is 0 Å². The van der Waals surface area contributed by atoms with Gasteiger partial charge in [0.05, 0.1) is 0 Å². The van der Waals surface area contributed by atoms with E-state index in [1.165, 1.54) is 18.2 Å². The Morgan fingerprint density at radius 3 is 1.87 bits per heavy atom. The summed E-state index contributed by atoms with van der Waals surface area (Å²) in [6.45, 7) is 0. The Morgan fingerprint density at radius 1 is 1.00 bits per heavy atom. The second kappa shape index (κ2) is 6.30. The van der Waals surface area contributed by atoms with E-state index in [2.05, 4.69) is 4.18 Å². The van der Waals surface area contributed by atoms with Crippen molar-refractivity contribution in [3.8, 4) is 0 Å². The van der Waals surface area contributed by atoms with Crippen LogP contribution in [0, 0.1) is 0 Å². The van der Waals surface area contributed by atoms with E-state index in [9.17, 15) is 43.3 Å². The van der Waals surface area contributed by atoms with Gasteiger partial charge in [0, 0.05) is 0 Å². The minimum atomic E-state index is -6.82. The fourth-order valence-corrected chi connectivity index (χ4v) is 3.09. The van der Waals surface area contributed by atoms with Gasteiger partial charge in [-0.1, -0.05) is 30.3 Å². The minimum Gasteiger partial charge on any atom is -0.743 e. The molecule has 0 radical (unpaired) electrons. The van der Waals surface area contributed by atoms with E-state index in [-0.39, 0.29) is 5.56 Å². The largest absolute Gasteiger partial charge is 0.743 e. The Hall–Kier alpha value is -1.31. The van der Waals surface area contributed by atoms with Crippen molar-refractivity contribution < 1.29 is 47.5 Å². The maximum Gasteiger partial charge on any atom is 0.423 e. The summed E-state index contributed by atoms with van der Waals surface area (Å²) < 4.78 is 121. The lowest BCUT2D eigenvalue weighted by Gasteiger charge is -2.29. The highest BCUT2D eigenvalue weighted by Crippen LogP contribution is 2.39. The van der Waals surface area contributed by atoms with Crippen LogP contribution in [-0.4, -0.2) is 38.9 Å². The van der Waals surface area contributed by atoms with Gasteiger partial charge in [0.2, 0.25) is 6.10 Å². The van der Waals surface area contributed by atoms with Gasteiger partial charge < -0.3 is 4.55 Å². The first-order valence-corrected chi connectivity index (χ1v) is 8.50. The molecule has 0 fully saturated rings. The molecule has 0 aliphatic carbocycles. The van der Waals surface area contributed by atoms with Crippen LogP contribution in [0.5, 0.6) is 0 Å². The van der Waals surface area contributed by atoms with Gasteiger partial charge >= 0.3 is 11.4 Å². The third kappa shape index (κ3) is 5.09. The number of halogens is 5. The van der Waals surface area contributed by atoms with Crippen LogP contribution in [0.1, 0.15) is 5.56 Å². The van der Waals surface area contributed by atoms with Crippen molar-refractivity contribution in [1.29, 1.82) is 0 Å². The lowest BCUT2D eigenvalue weighted by Crippen LogP contribution is -2.52. The highest BCUT2D eigenvalue weighted by atomic mass is 32.2. The quantitative estimate of drug-likeness (QED) is 0.420. The van der Waals surface area contributed by atoms with Crippen LogP contribution in [0.2, 0.25) is 0 Å². The standard InChI is InChI=1S/C10H9F5O6S2/c11-9(12,13)8(10(14,15)23(18,19)20)21-22(16,17)6-7-4-2-1-3-5-7/h1-5,8H,6H2,(H,18,19,20)/p-1. The molecule has 1 atom stereocenters. The maximum absolute atomic E-state index is 13.2. The summed E-state index contributed by atoms with van der Waals surface area (Å²) in [4.78, 5) is 0. The van der Waals surface area contributed by atoms with Gasteiger partial charge in [-0.2, -0.15) is 30.4 Å². The predicted octanol–water partition coefficient (Wildman–Crippen LogP) is 1.60. The molecule has 0 amide bonds. The Labute approximate surface area is 127 Å². The molecular formula is C10H8F5O6S2-.